The Morgan fingerprint density at radius 3 is 2.26 bits per heavy atom. The van der Waals surface area contributed by atoms with Gasteiger partial charge in [-0.15, -0.1) is 0 Å². The van der Waals surface area contributed by atoms with Gasteiger partial charge in [0.2, 0.25) is 0 Å². The molecule has 0 saturated carbocycles. The summed E-state index contributed by atoms with van der Waals surface area (Å²) >= 11 is 0. The Morgan fingerprint density at radius 2 is 1.51 bits per heavy atom. The van der Waals surface area contributed by atoms with E-state index in [1.165, 1.54) is 76.6 Å². The summed E-state index contributed by atoms with van der Waals surface area (Å²) in [6.07, 6.45) is 16.4. The van der Waals surface area contributed by atoms with Crippen LogP contribution in [0.2, 0.25) is 0 Å². The van der Waals surface area contributed by atoms with E-state index in [0.717, 1.165) is 42.8 Å². The van der Waals surface area contributed by atoms with Crippen LogP contribution in [0.25, 0.3) is 22.3 Å². The smallest absolute Gasteiger partial charge is 0.0671 e. The number of allylic oxidation sites excluding steroid dienone is 4. The van der Waals surface area contributed by atoms with Gasteiger partial charge >= 0.3 is 0 Å². The maximum atomic E-state index is 6.65. The maximum Gasteiger partial charge on any atom is 0.0671 e. The number of benzene rings is 3. The molecule has 6 rings (SSSR count). The lowest BCUT2D eigenvalue weighted by molar-refractivity contribution is 0.660. The van der Waals surface area contributed by atoms with Gasteiger partial charge < -0.3 is 5.73 Å². The fraction of sp³-hybridized carbons (Fsp3) is 0.324. The first kappa shape index (κ1) is 25.6. The van der Waals surface area contributed by atoms with E-state index in [1.54, 1.807) is 0 Å². The Balaban J connectivity index is 1.37. The lowest BCUT2D eigenvalue weighted by Crippen LogP contribution is -2.14. The van der Waals surface area contributed by atoms with Gasteiger partial charge in [-0.2, -0.15) is 0 Å². The Labute approximate surface area is 234 Å². The molecule has 3 aromatic rings. The first-order valence-corrected chi connectivity index (χ1v) is 14.8. The van der Waals surface area contributed by atoms with Crippen LogP contribution in [0, 0.1) is 0 Å². The van der Waals surface area contributed by atoms with Crippen LogP contribution in [0.3, 0.4) is 0 Å². The van der Waals surface area contributed by atoms with Gasteiger partial charge in [-0.1, -0.05) is 98.3 Å². The zero-order valence-corrected chi connectivity index (χ0v) is 23.5. The third-order valence-electron chi connectivity index (χ3n) is 8.89. The molecular formula is C37H40N2. The van der Waals surface area contributed by atoms with E-state index in [-0.39, 0.29) is 5.41 Å². The Hall–Kier alpha value is -3.65. The molecule has 0 saturated heterocycles. The molecule has 0 aliphatic heterocycles. The Kier molecular flexibility index (Phi) is 7.12. The Morgan fingerprint density at radius 1 is 0.795 bits per heavy atom. The largest absolute Gasteiger partial charge is 0.398 e. The molecule has 0 radical (unpaired) electrons. The van der Waals surface area contributed by atoms with Crippen molar-refractivity contribution in [3.63, 3.8) is 0 Å². The van der Waals surface area contributed by atoms with E-state index in [4.69, 9.17) is 10.7 Å². The summed E-state index contributed by atoms with van der Waals surface area (Å²) in [6, 6.07) is 24.6. The molecule has 3 aliphatic rings. The number of nitrogens with two attached hydrogens (primary N) is 1. The second-order valence-corrected chi connectivity index (χ2v) is 11.9. The highest BCUT2D eigenvalue weighted by Gasteiger charge is 2.36. The van der Waals surface area contributed by atoms with Gasteiger partial charge in [0.05, 0.1) is 12.3 Å². The lowest BCUT2D eigenvalue weighted by Gasteiger charge is -2.21. The molecule has 198 valence electrons. The molecule has 2 nitrogen and oxygen atoms in total. The third-order valence-corrected chi connectivity index (χ3v) is 8.89. The van der Waals surface area contributed by atoms with Crippen LogP contribution >= 0.6 is 0 Å². The summed E-state index contributed by atoms with van der Waals surface area (Å²) in [6.45, 7) is 5.44. The quantitative estimate of drug-likeness (QED) is 0.259. The fourth-order valence-electron chi connectivity index (χ4n) is 6.61. The van der Waals surface area contributed by atoms with E-state index < -0.39 is 0 Å². The third kappa shape index (κ3) is 5.05. The maximum absolute atomic E-state index is 6.65. The number of hydrogen-bond donors (Lipinski definition) is 1. The average molecular weight is 513 g/mol. The van der Waals surface area contributed by atoms with Gasteiger partial charge in [-0.3, -0.25) is 4.99 Å². The van der Waals surface area contributed by atoms with Crippen LogP contribution in [0.4, 0.5) is 0 Å². The molecule has 2 N–H and O–H groups in total. The lowest BCUT2D eigenvalue weighted by atomic mass is 9.82. The van der Waals surface area contributed by atoms with Gasteiger partial charge in [-0.05, 0) is 102 Å². The minimum atomic E-state index is 0.00559. The summed E-state index contributed by atoms with van der Waals surface area (Å²) < 4.78 is 0. The molecule has 0 amide bonds. The first-order valence-electron chi connectivity index (χ1n) is 14.8. The van der Waals surface area contributed by atoms with E-state index in [0.29, 0.717) is 0 Å². The van der Waals surface area contributed by atoms with Crippen LogP contribution < -0.4 is 5.73 Å². The Bertz CT molecular complexity index is 1490. The van der Waals surface area contributed by atoms with Crippen LogP contribution in [-0.2, 0) is 5.41 Å². The summed E-state index contributed by atoms with van der Waals surface area (Å²) in [5.74, 6) is 0. The molecular weight excluding hydrogens is 472 g/mol. The molecule has 0 aromatic heterocycles. The normalized spacial score (nSPS) is 18.7. The van der Waals surface area contributed by atoms with E-state index in [9.17, 15) is 0 Å². The second-order valence-electron chi connectivity index (χ2n) is 11.9. The highest BCUT2D eigenvalue weighted by molar-refractivity contribution is 6.09. The number of aliphatic imine (C=N–C) groups is 1. The van der Waals surface area contributed by atoms with Crippen molar-refractivity contribution in [1.82, 2.24) is 0 Å². The minimum absolute atomic E-state index is 0.00559. The summed E-state index contributed by atoms with van der Waals surface area (Å²) in [7, 11) is 0. The van der Waals surface area contributed by atoms with Gasteiger partial charge in [-0.25, -0.2) is 0 Å². The molecule has 0 bridgehead atoms. The van der Waals surface area contributed by atoms with Crippen molar-refractivity contribution in [2.75, 3.05) is 6.54 Å². The molecule has 0 unspecified atom stereocenters. The van der Waals surface area contributed by atoms with E-state index in [2.05, 4.69) is 98.8 Å². The molecule has 0 fully saturated rings. The number of rotatable bonds is 6. The van der Waals surface area contributed by atoms with Gasteiger partial charge in [0.1, 0.15) is 0 Å². The number of nitrogens with zero attached hydrogens (tertiary/aromatic N) is 1. The highest BCUT2D eigenvalue weighted by Crippen LogP contribution is 2.51. The molecule has 2 heteroatoms. The van der Waals surface area contributed by atoms with Gasteiger partial charge in [0.25, 0.3) is 0 Å². The van der Waals surface area contributed by atoms with Crippen molar-refractivity contribution in [2.24, 2.45) is 10.7 Å². The van der Waals surface area contributed by atoms with Crippen LogP contribution in [0.15, 0.2) is 107 Å². The van der Waals surface area contributed by atoms with Crippen molar-refractivity contribution in [2.45, 2.75) is 70.6 Å². The standard InChI is InChI=1S/C37H40N2/c1-37(2)32-18-10-9-16-31(32)36-30(17-11-19-33(36)37)27-20-22-29(23-21-27)35(39-25-26-12-5-3-6-13-26)24-34(38)28-14-7-4-8-15-28/h9-12,14,16-24H,3-8,13,15,25,38H2,1-2H3/b34-24-,39-35+. The predicted octanol–water partition coefficient (Wildman–Crippen LogP) is 9.29. The summed E-state index contributed by atoms with van der Waals surface area (Å²) in [5, 5.41) is 0. The SMILES string of the molecule is CC1(C)c2ccccc2-c2c(-c3ccc(C(/C=C(\N)C4=CCCCC4)=N/CC4=CCCCC4)cc3)cccc21. The molecule has 0 spiro atoms. The van der Waals surface area contributed by atoms with Crippen molar-refractivity contribution >= 4 is 5.71 Å². The topological polar surface area (TPSA) is 38.4 Å². The molecule has 39 heavy (non-hydrogen) atoms. The first-order chi connectivity index (χ1) is 19.0. The van der Waals surface area contributed by atoms with Gasteiger partial charge in [0.15, 0.2) is 0 Å². The van der Waals surface area contributed by atoms with Gasteiger partial charge in [0, 0.05) is 11.1 Å². The van der Waals surface area contributed by atoms with Crippen LogP contribution in [-0.4, -0.2) is 12.3 Å². The van der Waals surface area contributed by atoms with Crippen molar-refractivity contribution < 1.29 is 0 Å². The zero-order chi connectivity index (χ0) is 26.8. The van der Waals surface area contributed by atoms with Crippen LogP contribution in [0.5, 0.6) is 0 Å². The van der Waals surface area contributed by atoms with Crippen molar-refractivity contribution in [3.05, 3.63) is 118 Å². The number of fused-ring (bicyclic) bond motifs is 3. The molecule has 0 heterocycles. The zero-order valence-electron chi connectivity index (χ0n) is 23.5. The van der Waals surface area contributed by atoms with E-state index >= 15 is 0 Å². The average Bonchev–Trinajstić information content (AvgIpc) is 3.23. The molecule has 3 aliphatic carbocycles. The van der Waals surface area contributed by atoms with E-state index in [1.807, 2.05) is 0 Å². The monoisotopic (exact) mass is 512 g/mol. The highest BCUT2D eigenvalue weighted by atomic mass is 14.7. The predicted molar refractivity (Wildman–Crippen MR) is 166 cm³/mol. The minimum Gasteiger partial charge on any atom is -0.398 e. The molecule has 3 aromatic carbocycles. The fourth-order valence-corrected chi connectivity index (χ4v) is 6.61. The van der Waals surface area contributed by atoms with Crippen molar-refractivity contribution in [1.29, 1.82) is 0 Å². The van der Waals surface area contributed by atoms with Crippen LogP contribution in [0.1, 0.15) is 81.9 Å². The molecule has 0 atom stereocenters. The second kappa shape index (κ2) is 10.8. The van der Waals surface area contributed by atoms with Crippen molar-refractivity contribution in [3.8, 4) is 22.3 Å². The summed E-state index contributed by atoms with van der Waals surface area (Å²) in [4.78, 5) is 5.13. The number of hydrogen-bond acceptors (Lipinski definition) is 2. The summed E-state index contributed by atoms with van der Waals surface area (Å²) in [5.41, 5.74) is 20.5.